The van der Waals surface area contributed by atoms with Crippen LogP contribution in [0.15, 0.2) is 16.8 Å². The molecule has 0 aromatic carbocycles. The van der Waals surface area contributed by atoms with Crippen molar-refractivity contribution in [3.63, 3.8) is 0 Å². The molecule has 0 aliphatic heterocycles. The molecule has 3 aliphatic carbocycles. The first-order valence-corrected chi connectivity index (χ1v) is 11.5. The van der Waals surface area contributed by atoms with E-state index in [1.54, 1.807) is 11.3 Å². The summed E-state index contributed by atoms with van der Waals surface area (Å²) in [4.78, 5) is 51.0. The summed E-state index contributed by atoms with van der Waals surface area (Å²) < 4.78 is 10.4. The summed E-state index contributed by atoms with van der Waals surface area (Å²) in [6.45, 7) is 3.25. The van der Waals surface area contributed by atoms with Gasteiger partial charge in [-0.1, -0.05) is 6.92 Å². The summed E-state index contributed by atoms with van der Waals surface area (Å²) >= 11 is 1.60. The number of ether oxygens (including phenoxy) is 2. The topological polar surface area (TPSA) is 86.7 Å². The molecule has 3 aliphatic rings. The van der Waals surface area contributed by atoms with Crippen molar-refractivity contribution >= 4 is 34.8 Å². The molecule has 0 spiro atoms. The smallest absolute Gasteiger partial charge is 0.309 e. The monoisotopic (exact) mass is 432 g/mol. The minimum atomic E-state index is -0.958. The van der Waals surface area contributed by atoms with Gasteiger partial charge in [0.25, 0.3) is 0 Å². The molecule has 7 heteroatoms. The van der Waals surface area contributed by atoms with Crippen molar-refractivity contribution in [3.05, 3.63) is 22.4 Å². The fourth-order valence-electron chi connectivity index (χ4n) is 6.37. The number of thiophene rings is 1. The van der Waals surface area contributed by atoms with E-state index in [0.717, 1.165) is 12.0 Å². The van der Waals surface area contributed by atoms with E-state index in [9.17, 15) is 19.2 Å². The Bertz CT molecular complexity index is 861. The summed E-state index contributed by atoms with van der Waals surface area (Å²) in [7, 11) is 1.35. The Balaban J connectivity index is 1.73. The lowest BCUT2D eigenvalue weighted by Crippen LogP contribution is -2.60. The number of esters is 2. The van der Waals surface area contributed by atoms with E-state index in [2.05, 4.69) is 5.38 Å². The highest BCUT2D eigenvalue weighted by Gasteiger charge is 2.62. The normalized spacial score (nSPS) is 38.4. The second-order valence-corrected chi connectivity index (χ2v) is 10.0. The van der Waals surface area contributed by atoms with Crippen molar-refractivity contribution in [2.75, 3.05) is 7.11 Å². The number of carbonyl (C=O) groups excluding carboxylic acids is 4. The van der Waals surface area contributed by atoms with E-state index in [1.807, 2.05) is 18.4 Å². The maximum Gasteiger partial charge on any atom is 0.309 e. The lowest BCUT2D eigenvalue weighted by atomic mass is 9.46. The van der Waals surface area contributed by atoms with Crippen LogP contribution in [0.3, 0.4) is 0 Å². The van der Waals surface area contributed by atoms with E-state index >= 15 is 0 Å². The largest absolute Gasteiger partial charge is 0.469 e. The molecule has 3 saturated carbocycles. The van der Waals surface area contributed by atoms with Crippen LogP contribution >= 0.6 is 11.3 Å². The molecule has 0 amide bonds. The number of Topliss-reactive ketones (excluding diaryl/α,β-unsaturated/α-hetero) is 2. The summed E-state index contributed by atoms with van der Waals surface area (Å²) in [5.41, 5.74) is 0.544. The van der Waals surface area contributed by atoms with Crippen molar-refractivity contribution in [1.82, 2.24) is 0 Å². The maximum atomic E-state index is 13.6. The predicted molar refractivity (Wildman–Crippen MR) is 110 cm³/mol. The summed E-state index contributed by atoms with van der Waals surface area (Å²) in [5.74, 6) is -2.10. The van der Waals surface area contributed by atoms with Crippen LogP contribution in [0.5, 0.6) is 0 Å². The molecular formula is C23H28O6S. The number of rotatable bonds is 3. The van der Waals surface area contributed by atoms with E-state index in [-0.39, 0.29) is 41.7 Å². The molecule has 4 rings (SSSR count). The summed E-state index contributed by atoms with van der Waals surface area (Å²) in [6, 6.07) is 2.05. The minimum Gasteiger partial charge on any atom is -0.469 e. The summed E-state index contributed by atoms with van der Waals surface area (Å²) in [6.07, 6.45) is 1.73. The van der Waals surface area contributed by atoms with Crippen LogP contribution in [0, 0.1) is 29.1 Å². The van der Waals surface area contributed by atoms with E-state index in [1.165, 1.54) is 14.0 Å². The van der Waals surface area contributed by atoms with Gasteiger partial charge in [0.1, 0.15) is 5.78 Å². The molecule has 7 atom stereocenters. The average Bonchev–Trinajstić information content (AvgIpc) is 3.23. The Hall–Kier alpha value is -2.02. The number of methoxy groups -OCH3 is 1. The second kappa shape index (κ2) is 7.91. The van der Waals surface area contributed by atoms with Crippen molar-refractivity contribution in [1.29, 1.82) is 0 Å². The highest BCUT2D eigenvalue weighted by molar-refractivity contribution is 7.08. The lowest BCUT2D eigenvalue weighted by Gasteiger charge is -2.56. The van der Waals surface area contributed by atoms with Crippen molar-refractivity contribution in [3.8, 4) is 0 Å². The van der Waals surface area contributed by atoms with Gasteiger partial charge in [0.05, 0.1) is 13.0 Å². The van der Waals surface area contributed by atoms with Gasteiger partial charge in [-0.3, -0.25) is 19.2 Å². The summed E-state index contributed by atoms with van der Waals surface area (Å²) in [5, 5.41) is 4.08. The molecule has 162 valence electrons. The van der Waals surface area contributed by atoms with Gasteiger partial charge in [0.15, 0.2) is 11.9 Å². The zero-order valence-electron chi connectivity index (χ0n) is 17.6. The Morgan fingerprint density at radius 2 is 2.00 bits per heavy atom. The number of fused-ring (bicyclic) bond motifs is 3. The highest BCUT2D eigenvalue weighted by Crippen LogP contribution is 2.60. The molecule has 30 heavy (non-hydrogen) atoms. The van der Waals surface area contributed by atoms with Gasteiger partial charge in [-0.25, -0.2) is 0 Å². The third-order valence-corrected chi connectivity index (χ3v) is 8.45. The first kappa shape index (κ1) is 21.2. The van der Waals surface area contributed by atoms with E-state index < -0.39 is 29.3 Å². The molecule has 6 nitrogen and oxygen atoms in total. The Morgan fingerprint density at radius 3 is 2.63 bits per heavy atom. The van der Waals surface area contributed by atoms with Gasteiger partial charge in [0.2, 0.25) is 0 Å². The van der Waals surface area contributed by atoms with E-state index in [0.29, 0.717) is 19.3 Å². The SMILES string of the molecule is COC(=O)[C@@H]1C[C@H](OC(C)=O)C(=O)[C@@H]2[C@H]3C[C@@H](c4ccsc4)CC(=O)[C@@H]3CC[C@]21C. The number of ketones is 2. The van der Waals surface area contributed by atoms with E-state index in [4.69, 9.17) is 9.47 Å². The first-order chi connectivity index (χ1) is 14.3. The van der Waals surface area contributed by atoms with Gasteiger partial charge in [-0.15, -0.1) is 0 Å². The van der Waals surface area contributed by atoms with Gasteiger partial charge in [0, 0.05) is 31.6 Å². The molecule has 0 unspecified atom stereocenters. The number of carbonyl (C=O) groups is 4. The van der Waals surface area contributed by atoms with Gasteiger partial charge in [-0.2, -0.15) is 11.3 Å². The van der Waals surface area contributed by atoms with Crippen molar-refractivity contribution < 1.29 is 28.7 Å². The van der Waals surface area contributed by atoms with Gasteiger partial charge >= 0.3 is 11.9 Å². The first-order valence-electron chi connectivity index (χ1n) is 10.6. The second-order valence-electron chi connectivity index (χ2n) is 9.26. The highest BCUT2D eigenvalue weighted by atomic mass is 32.1. The molecule has 0 N–H and O–H groups in total. The molecule has 3 fully saturated rings. The Kier molecular flexibility index (Phi) is 5.60. The zero-order valence-corrected chi connectivity index (χ0v) is 18.4. The molecule has 1 heterocycles. The Morgan fingerprint density at radius 1 is 1.23 bits per heavy atom. The fourth-order valence-corrected chi connectivity index (χ4v) is 7.11. The van der Waals surface area contributed by atoms with Crippen molar-refractivity contribution in [2.24, 2.45) is 29.1 Å². The molecule has 0 saturated heterocycles. The standard InChI is InChI=1S/C23H28O6S/c1-12(24)29-19-10-17(22(27)28-3)23(2)6-4-15-16(20(23)21(19)26)8-14(9-18(15)25)13-5-7-30-11-13/h5,7,11,14-17,19-20H,4,6,8-10H2,1-3H3/t14-,15-,16+,17+,19+,20+,23+/m1/s1. The van der Waals surface area contributed by atoms with Crippen LogP contribution in [-0.2, 0) is 28.7 Å². The molecule has 0 bridgehead atoms. The number of hydrogen-bond donors (Lipinski definition) is 0. The average molecular weight is 433 g/mol. The third kappa shape index (κ3) is 3.41. The molecule has 1 aromatic rings. The lowest BCUT2D eigenvalue weighted by molar-refractivity contribution is -0.183. The van der Waals surface area contributed by atoms with Crippen LogP contribution in [0.4, 0.5) is 0 Å². The van der Waals surface area contributed by atoms with Crippen LogP contribution in [0.2, 0.25) is 0 Å². The minimum absolute atomic E-state index is 0.0887. The van der Waals surface area contributed by atoms with Crippen molar-refractivity contribution in [2.45, 2.75) is 58.0 Å². The Labute approximate surface area is 180 Å². The molecule has 0 radical (unpaired) electrons. The van der Waals surface area contributed by atoms with Gasteiger partial charge < -0.3 is 9.47 Å². The van der Waals surface area contributed by atoms with Crippen LogP contribution in [-0.4, -0.2) is 36.7 Å². The van der Waals surface area contributed by atoms with Crippen LogP contribution in [0.1, 0.15) is 57.4 Å². The van der Waals surface area contributed by atoms with Gasteiger partial charge in [-0.05, 0) is 58.9 Å². The van der Waals surface area contributed by atoms with Crippen LogP contribution < -0.4 is 0 Å². The quantitative estimate of drug-likeness (QED) is 0.679. The number of hydrogen-bond acceptors (Lipinski definition) is 7. The zero-order chi connectivity index (χ0) is 21.6. The van der Waals surface area contributed by atoms with Crippen LogP contribution in [0.25, 0.3) is 0 Å². The third-order valence-electron chi connectivity index (χ3n) is 7.75. The molecule has 1 aromatic heterocycles. The fraction of sp³-hybridized carbons (Fsp3) is 0.652. The molecular weight excluding hydrogens is 404 g/mol. The maximum absolute atomic E-state index is 13.6. The predicted octanol–water partition coefficient (Wildman–Crippen LogP) is 3.54.